The molecule has 0 aromatic rings. The van der Waals surface area contributed by atoms with Crippen molar-refractivity contribution in [1.82, 2.24) is 0 Å². The minimum Gasteiger partial charge on any atom is -0.462 e. The summed E-state index contributed by atoms with van der Waals surface area (Å²) in [4.78, 5) is 13.8. The number of allylic oxidation sites excluding steroid dienone is 5. The van der Waals surface area contributed by atoms with Crippen molar-refractivity contribution < 1.29 is 24.9 Å². The lowest BCUT2D eigenvalue weighted by molar-refractivity contribution is -0.172. The van der Waals surface area contributed by atoms with E-state index >= 15 is 0 Å². The van der Waals surface area contributed by atoms with Gasteiger partial charge in [0.15, 0.2) is 0 Å². The second-order valence-electron chi connectivity index (χ2n) is 11.0. The Kier molecular flexibility index (Phi) is 8.99. The van der Waals surface area contributed by atoms with Crippen LogP contribution in [-0.4, -0.2) is 46.2 Å². The number of hydrogen-bond acceptors (Lipinski definition) is 5. The molecule has 1 aliphatic heterocycles. The molecule has 0 aromatic carbocycles. The first-order valence-corrected chi connectivity index (χ1v) is 13.0. The SMILES string of the molecule is CC1=CC2C(O)C(CO)CCC2C2(C)C(=O)OC(C)CCC/C=C(\C)C(O)C(C)/C=C/C=C/C12. The molecule has 9 unspecified atom stereocenters. The summed E-state index contributed by atoms with van der Waals surface area (Å²) >= 11 is 0. The van der Waals surface area contributed by atoms with E-state index in [0.717, 1.165) is 36.8 Å². The monoisotopic (exact) mass is 472 g/mol. The minimum absolute atomic E-state index is 0.0136. The van der Waals surface area contributed by atoms with Crippen molar-refractivity contribution in [3.05, 3.63) is 47.6 Å². The van der Waals surface area contributed by atoms with Crippen LogP contribution in [0.25, 0.3) is 0 Å². The molecule has 3 aliphatic rings. The van der Waals surface area contributed by atoms with Crippen LogP contribution in [0.2, 0.25) is 0 Å². The largest absolute Gasteiger partial charge is 0.462 e. The second-order valence-corrected chi connectivity index (χ2v) is 11.0. The second kappa shape index (κ2) is 11.4. The van der Waals surface area contributed by atoms with E-state index in [4.69, 9.17) is 4.74 Å². The van der Waals surface area contributed by atoms with Gasteiger partial charge in [-0.2, -0.15) is 0 Å². The molecule has 0 bridgehead atoms. The van der Waals surface area contributed by atoms with Crippen LogP contribution in [0.4, 0.5) is 0 Å². The summed E-state index contributed by atoms with van der Waals surface area (Å²) < 4.78 is 6.06. The molecule has 1 saturated carbocycles. The Hall–Kier alpha value is -1.69. The fourth-order valence-electron chi connectivity index (χ4n) is 6.32. The van der Waals surface area contributed by atoms with E-state index in [-0.39, 0.29) is 48.3 Å². The van der Waals surface area contributed by atoms with Gasteiger partial charge in [0.05, 0.1) is 23.7 Å². The van der Waals surface area contributed by atoms with Crippen molar-refractivity contribution in [1.29, 1.82) is 0 Å². The summed E-state index contributed by atoms with van der Waals surface area (Å²) in [6.45, 7) is 9.92. The number of rotatable bonds is 1. The van der Waals surface area contributed by atoms with Crippen LogP contribution in [0.3, 0.4) is 0 Å². The number of esters is 1. The summed E-state index contributed by atoms with van der Waals surface area (Å²) in [5.41, 5.74) is 1.21. The Morgan fingerprint density at radius 3 is 2.47 bits per heavy atom. The molecule has 3 rings (SSSR count). The van der Waals surface area contributed by atoms with Crippen molar-refractivity contribution in [2.75, 3.05) is 6.61 Å². The number of aliphatic hydroxyl groups excluding tert-OH is 3. The van der Waals surface area contributed by atoms with Gasteiger partial charge in [-0.05, 0) is 71.3 Å². The number of carbonyl (C=O) groups is 1. The molecule has 190 valence electrons. The number of fused-ring (bicyclic) bond motifs is 3. The summed E-state index contributed by atoms with van der Waals surface area (Å²) in [5.74, 6) is -0.746. The maximum Gasteiger partial charge on any atom is 0.313 e. The van der Waals surface area contributed by atoms with Crippen molar-refractivity contribution in [3.8, 4) is 0 Å². The van der Waals surface area contributed by atoms with E-state index in [0.29, 0.717) is 6.42 Å². The molecule has 5 heteroatoms. The number of cyclic esters (lactones) is 1. The van der Waals surface area contributed by atoms with Crippen LogP contribution < -0.4 is 0 Å². The third-order valence-corrected chi connectivity index (χ3v) is 8.61. The van der Waals surface area contributed by atoms with E-state index in [9.17, 15) is 20.1 Å². The molecular formula is C29H44O5. The zero-order chi connectivity index (χ0) is 25.0. The van der Waals surface area contributed by atoms with Crippen LogP contribution in [-0.2, 0) is 9.53 Å². The topological polar surface area (TPSA) is 87.0 Å². The van der Waals surface area contributed by atoms with E-state index < -0.39 is 17.6 Å². The quantitative estimate of drug-likeness (QED) is 0.379. The number of carbonyl (C=O) groups excluding carboxylic acids is 1. The highest BCUT2D eigenvalue weighted by atomic mass is 16.5. The molecule has 2 aliphatic carbocycles. The molecule has 0 saturated heterocycles. The molecule has 3 N–H and O–H groups in total. The maximum atomic E-state index is 13.8. The van der Waals surface area contributed by atoms with Crippen molar-refractivity contribution in [2.24, 2.45) is 35.0 Å². The van der Waals surface area contributed by atoms with Gasteiger partial charge in [0.2, 0.25) is 0 Å². The zero-order valence-electron chi connectivity index (χ0n) is 21.5. The minimum atomic E-state index is -0.803. The molecule has 34 heavy (non-hydrogen) atoms. The standard InChI is InChI=1S/C29H44O5/c1-18-10-6-8-12-21(4)34-28(33)29(5)24(13-9-7-11-19(2)26(18)31)20(3)16-23-25(29)15-14-22(17-30)27(23)32/h7,9-11,13,16,19,21-27,30-32H,6,8,12,14-15,17H2,1-5H3/b11-7+,13-9+,18-10+. The fraction of sp³-hybridized carbons (Fsp3) is 0.690. The summed E-state index contributed by atoms with van der Waals surface area (Å²) in [5, 5.41) is 31.4. The van der Waals surface area contributed by atoms with Gasteiger partial charge in [-0.15, -0.1) is 0 Å². The molecule has 1 fully saturated rings. The highest BCUT2D eigenvalue weighted by molar-refractivity contribution is 5.79. The highest BCUT2D eigenvalue weighted by Crippen LogP contribution is 2.55. The molecule has 1 heterocycles. The fourth-order valence-corrected chi connectivity index (χ4v) is 6.32. The van der Waals surface area contributed by atoms with Gasteiger partial charge in [-0.3, -0.25) is 4.79 Å². The lowest BCUT2D eigenvalue weighted by atomic mass is 9.52. The van der Waals surface area contributed by atoms with E-state index in [1.807, 2.05) is 52.8 Å². The smallest absolute Gasteiger partial charge is 0.313 e. The van der Waals surface area contributed by atoms with Gasteiger partial charge in [0.1, 0.15) is 0 Å². The first kappa shape index (κ1) is 26.9. The predicted octanol–water partition coefficient (Wildman–Crippen LogP) is 4.74. The average Bonchev–Trinajstić information content (AvgIpc) is 2.80. The van der Waals surface area contributed by atoms with Crippen LogP contribution in [0, 0.1) is 35.0 Å². The van der Waals surface area contributed by atoms with Crippen LogP contribution in [0.1, 0.15) is 66.7 Å². The Balaban J connectivity index is 2.00. The van der Waals surface area contributed by atoms with Gasteiger partial charge < -0.3 is 20.1 Å². The molecule has 0 spiro atoms. The van der Waals surface area contributed by atoms with Gasteiger partial charge >= 0.3 is 5.97 Å². The molecular weight excluding hydrogens is 428 g/mol. The lowest BCUT2D eigenvalue weighted by Crippen LogP contribution is -2.55. The van der Waals surface area contributed by atoms with Crippen molar-refractivity contribution in [3.63, 3.8) is 0 Å². The molecule has 0 amide bonds. The van der Waals surface area contributed by atoms with Crippen molar-refractivity contribution in [2.45, 2.75) is 85.0 Å². The first-order chi connectivity index (χ1) is 16.1. The molecule has 5 nitrogen and oxygen atoms in total. The number of aliphatic hydroxyl groups is 3. The normalized spacial score (nSPS) is 45.6. The van der Waals surface area contributed by atoms with Crippen LogP contribution in [0.5, 0.6) is 0 Å². The summed E-state index contributed by atoms with van der Waals surface area (Å²) in [7, 11) is 0. The van der Waals surface area contributed by atoms with E-state index in [2.05, 4.69) is 18.2 Å². The summed E-state index contributed by atoms with van der Waals surface area (Å²) in [6.07, 6.45) is 14.8. The Bertz CT molecular complexity index is 839. The predicted molar refractivity (Wildman–Crippen MR) is 135 cm³/mol. The molecule has 0 aromatic heterocycles. The summed E-state index contributed by atoms with van der Waals surface area (Å²) in [6, 6.07) is 0. The van der Waals surface area contributed by atoms with Crippen LogP contribution in [0.15, 0.2) is 47.6 Å². The van der Waals surface area contributed by atoms with E-state index in [1.54, 1.807) is 0 Å². The van der Waals surface area contributed by atoms with E-state index in [1.165, 1.54) is 0 Å². The van der Waals surface area contributed by atoms with Crippen LogP contribution >= 0.6 is 0 Å². The van der Waals surface area contributed by atoms with Gasteiger partial charge in [0.25, 0.3) is 0 Å². The highest BCUT2D eigenvalue weighted by Gasteiger charge is 2.56. The third kappa shape index (κ3) is 5.42. The molecule has 9 atom stereocenters. The Labute approximate surface area is 205 Å². The third-order valence-electron chi connectivity index (χ3n) is 8.61. The van der Waals surface area contributed by atoms with Crippen molar-refractivity contribution >= 4 is 5.97 Å². The van der Waals surface area contributed by atoms with Gasteiger partial charge in [-0.1, -0.05) is 49.0 Å². The maximum absolute atomic E-state index is 13.8. The average molecular weight is 473 g/mol. The van der Waals surface area contributed by atoms with Gasteiger partial charge in [-0.25, -0.2) is 0 Å². The number of hydrogen-bond donors (Lipinski definition) is 3. The zero-order valence-corrected chi connectivity index (χ0v) is 21.5. The Morgan fingerprint density at radius 1 is 1.06 bits per heavy atom. The number of ether oxygens (including phenoxy) is 1. The van der Waals surface area contributed by atoms with Gasteiger partial charge in [0, 0.05) is 30.3 Å². The Morgan fingerprint density at radius 2 is 1.76 bits per heavy atom. The first-order valence-electron chi connectivity index (χ1n) is 13.0. The lowest BCUT2D eigenvalue weighted by Gasteiger charge is -2.52. The molecule has 0 radical (unpaired) electrons.